The van der Waals surface area contributed by atoms with Gasteiger partial charge in [0.1, 0.15) is 23.5 Å². The van der Waals surface area contributed by atoms with Crippen LogP contribution in [0, 0.1) is 0 Å². The molecule has 292 valence electrons. The average molecular weight is 762 g/mol. The van der Waals surface area contributed by atoms with Crippen LogP contribution in [0.1, 0.15) is 59.9 Å². The summed E-state index contributed by atoms with van der Waals surface area (Å²) in [4.78, 5) is 58.8. The molecule has 1 aliphatic heterocycles. The Morgan fingerprint density at radius 1 is 0.857 bits per heavy atom. The first-order chi connectivity index (χ1) is 27.3. The zero-order valence-electron chi connectivity index (χ0n) is 31.1. The third-order valence-corrected chi connectivity index (χ3v) is 10.4. The Hall–Kier alpha value is -6.13. The van der Waals surface area contributed by atoms with Gasteiger partial charge in [-0.05, 0) is 36.1 Å². The van der Waals surface area contributed by atoms with Gasteiger partial charge in [0, 0.05) is 57.3 Å². The number of aliphatic hydroxyl groups excluding tert-OH is 2. The molecule has 3 aromatic heterocycles. The van der Waals surface area contributed by atoms with Crippen molar-refractivity contribution in [2.24, 2.45) is 0 Å². The van der Waals surface area contributed by atoms with Crippen LogP contribution in [-0.2, 0) is 4.79 Å². The fourth-order valence-corrected chi connectivity index (χ4v) is 7.41. The molecule has 1 saturated heterocycles. The molecule has 5 aromatic rings. The Balaban J connectivity index is 1.07. The molecule has 2 fully saturated rings. The van der Waals surface area contributed by atoms with Crippen molar-refractivity contribution in [1.29, 1.82) is 0 Å². The third-order valence-electron chi connectivity index (χ3n) is 10.4. The molecule has 5 atom stereocenters. The number of nitrogens with one attached hydrogen (secondary N) is 5. The largest absolute Gasteiger partial charge is 0.388 e. The molecule has 1 aliphatic carbocycles. The summed E-state index contributed by atoms with van der Waals surface area (Å²) in [5.74, 6) is 0.149. The SMILES string of the molecule is CCC(=O)N[C@H]1C[C@@H](n2cnc3c(NCC(c4ccccc4)c4ccccc4)nc(C(=O)NCCNC(=O)N[C@@H]4CCN(c5ccccn5)C4)nc32)[C@H](O)[C@@H]1O. The molecule has 7 rings (SSSR count). The van der Waals surface area contributed by atoms with E-state index in [0.717, 1.165) is 29.9 Å². The lowest BCUT2D eigenvalue weighted by Gasteiger charge is -2.20. The van der Waals surface area contributed by atoms with Gasteiger partial charge in [-0.25, -0.2) is 24.7 Å². The fourth-order valence-electron chi connectivity index (χ4n) is 7.41. The van der Waals surface area contributed by atoms with Crippen LogP contribution in [0.4, 0.5) is 16.4 Å². The van der Waals surface area contributed by atoms with E-state index in [-0.39, 0.29) is 61.3 Å². The van der Waals surface area contributed by atoms with Crippen molar-refractivity contribution >= 4 is 40.6 Å². The standard InChI is InChI=1S/C40H47N11O5/c1-2-32(52)47-29-21-30(35(54)34(29)53)51-24-45-33-36(44-22-28(25-11-5-3-6-12-25)26-13-7-4-8-14-26)48-37(49-38(33)51)39(55)42-18-19-43-40(56)46-27-16-20-50(23-27)31-15-9-10-17-41-31/h3-15,17,24,27-30,34-35,53-54H,2,16,18-23H2,1H3,(H,42,55)(H,47,52)(H2,43,46,56)(H,44,48,49)/t27-,29+,30-,34-,35+/m1/s1. The highest BCUT2D eigenvalue weighted by atomic mass is 16.3. The molecule has 2 aromatic carbocycles. The van der Waals surface area contributed by atoms with Gasteiger partial charge in [-0.15, -0.1) is 0 Å². The molecule has 0 spiro atoms. The van der Waals surface area contributed by atoms with Crippen LogP contribution >= 0.6 is 0 Å². The second-order valence-corrected chi connectivity index (χ2v) is 14.1. The first-order valence-corrected chi connectivity index (χ1v) is 19.0. The predicted molar refractivity (Wildman–Crippen MR) is 210 cm³/mol. The number of benzene rings is 2. The van der Waals surface area contributed by atoms with Gasteiger partial charge < -0.3 is 46.3 Å². The predicted octanol–water partition coefficient (Wildman–Crippen LogP) is 2.33. The normalized spacial score (nSPS) is 20.6. The molecule has 0 radical (unpaired) electrons. The molecule has 0 bridgehead atoms. The summed E-state index contributed by atoms with van der Waals surface area (Å²) in [6.07, 6.45) is 2.03. The number of carbonyl (C=O) groups is 3. The number of anilines is 2. The second kappa shape index (κ2) is 17.6. The third kappa shape index (κ3) is 8.71. The van der Waals surface area contributed by atoms with Gasteiger partial charge in [-0.3, -0.25) is 9.59 Å². The first-order valence-electron chi connectivity index (χ1n) is 19.0. The highest BCUT2D eigenvalue weighted by Crippen LogP contribution is 2.34. The summed E-state index contributed by atoms with van der Waals surface area (Å²) in [5, 5.41) is 36.8. The van der Waals surface area contributed by atoms with E-state index >= 15 is 0 Å². The zero-order chi connectivity index (χ0) is 39.0. The minimum Gasteiger partial charge on any atom is -0.388 e. The van der Waals surface area contributed by atoms with Gasteiger partial charge >= 0.3 is 6.03 Å². The quantitative estimate of drug-likeness (QED) is 0.0817. The number of fused-ring (bicyclic) bond motifs is 1. The van der Waals surface area contributed by atoms with Crippen LogP contribution in [0.2, 0.25) is 0 Å². The number of amides is 4. The Bertz CT molecular complexity index is 2060. The first kappa shape index (κ1) is 38.2. The molecule has 16 nitrogen and oxygen atoms in total. The minimum absolute atomic E-state index is 0.0384. The van der Waals surface area contributed by atoms with Gasteiger partial charge in [0.25, 0.3) is 5.91 Å². The molecule has 4 heterocycles. The lowest BCUT2D eigenvalue weighted by molar-refractivity contribution is -0.122. The second-order valence-electron chi connectivity index (χ2n) is 14.1. The smallest absolute Gasteiger partial charge is 0.315 e. The fraction of sp³-hybridized carbons (Fsp3) is 0.375. The lowest BCUT2D eigenvalue weighted by Crippen LogP contribution is -2.45. The summed E-state index contributed by atoms with van der Waals surface area (Å²) < 4.78 is 1.63. The van der Waals surface area contributed by atoms with Gasteiger partial charge in [-0.2, -0.15) is 0 Å². The van der Waals surface area contributed by atoms with Crippen molar-refractivity contribution < 1.29 is 24.6 Å². The average Bonchev–Trinajstić information content (AvgIpc) is 3.95. The lowest BCUT2D eigenvalue weighted by atomic mass is 9.91. The van der Waals surface area contributed by atoms with Crippen molar-refractivity contribution in [2.75, 3.05) is 42.9 Å². The van der Waals surface area contributed by atoms with E-state index < -0.39 is 30.2 Å². The van der Waals surface area contributed by atoms with Crippen LogP contribution < -0.4 is 31.5 Å². The highest BCUT2D eigenvalue weighted by Gasteiger charge is 2.44. The molecule has 7 N–H and O–H groups in total. The Morgan fingerprint density at radius 3 is 2.27 bits per heavy atom. The monoisotopic (exact) mass is 761 g/mol. The number of carbonyl (C=O) groups excluding carboxylic acids is 3. The molecule has 4 amide bonds. The summed E-state index contributed by atoms with van der Waals surface area (Å²) >= 11 is 0. The number of aromatic nitrogens is 5. The van der Waals surface area contributed by atoms with Crippen LogP contribution in [0.3, 0.4) is 0 Å². The number of hydrogen-bond acceptors (Lipinski definition) is 11. The Morgan fingerprint density at radius 2 is 1.57 bits per heavy atom. The maximum Gasteiger partial charge on any atom is 0.315 e. The minimum atomic E-state index is -1.24. The molecule has 16 heteroatoms. The molecule has 2 aliphatic rings. The van der Waals surface area contributed by atoms with Crippen LogP contribution in [0.25, 0.3) is 11.2 Å². The van der Waals surface area contributed by atoms with E-state index in [0.29, 0.717) is 24.4 Å². The molecule has 56 heavy (non-hydrogen) atoms. The number of rotatable bonds is 14. The highest BCUT2D eigenvalue weighted by molar-refractivity contribution is 5.94. The van der Waals surface area contributed by atoms with Gasteiger partial charge in [-0.1, -0.05) is 73.7 Å². The van der Waals surface area contributed by atoms with E-state index in [1.54, 1.807) is 17.7 Å². The number of imidazole rings is 1. The zero-order valence-corrected chi connectivity index (χ0v) is 31.1. The topological polar surface area (TPSA) is 212 Å². The van der Waals surface area contributed by atoms with Crippen molar-refractivity contribution in [3.8, 4) is 0 Å². The van der Waals surface area contributed by atoms with E-state index in [4.69, 9.17) is 0 Å². The summed E-state index contributed by atoms with van der Waals surface area (Å²) in [6, 6.07) is 24.1. The van der Waals surface area contributed by atoms with E-state index in [1.807, 2.05) is 54.6 Å². The number of hydrogen-bond donors (Lipinski definition) is 7. The van der Waals surface area contributed by atoms with Gasteiger partial charge in [0.2, 0.25) is 11.7 Å². The van der Waals surface area contributed by atoms with Crippen LogP contribution in [0.15, 0.2) is 91.4 Å². The maximum atomic E-state index is 13.6. The molecule has 1 saturated carbocycles. The van der Waals surface area contributed by atoms with Crippen molar-refractivity contribution in [3.63, 3.8) is 0 Å². The summed E-state index contributed by atoms with van der Waals surface area (Å²) in [5.41, 5.74) is 2.81. The van der Waals surface area contributed by atoms with E-state index in [2.05, 4.69) is 75.7 Å². The van der Waals surface area contributed by atoms with Crippen LogP contribution in [-0.4, -0.2) is 110 Å². The molecular weight excluding hydrogens is 715 g/mol. The van der Waals surface area contributed by atoms with Gasteiger partial charge in [0.15, 0.2) is 11.5 Å². The van der Waals surface area contributed by atoms with Crippen molar-refractivity contribution in [3.05, 3.63) is 108 Å². The Kier molecular flexibility index (Phi) is 12.0. The van der Waals surface area contributed by atoms with E-state index in [1.165, 1.54) is 6.33 Å². The van der Waals surface area contributed by atoms with Gasteiger partial charge in [0.05, 0.1) is 18.4 Å². The number of pyridine rings is 1. The Labute approximate surface area is 324 Å². The maximum absolute atomic E-state index is 13.6. The van der Waals surface area contributed by atoms with E-state index in [9.17, 15) is 24.6 Å². The van der Waals surface area contributed by atoms with Crippen LogP contribution in [0.5, 0.6) is 0 Å². The molecular formula is C40H47N11O5. The number of urea groups is 1. The van der Waals surface area contributed by atoms with Crippen molar-refractivity contribution in [1.82, 2.24) is 45.8 Å². The molecule has 0 unspecified atom stereocenters. The number of aliphatic hydroxyl groups is 2. The van der Waals surface area contributed by atoms with Crippen molar-refractivity contribution in [2.45, 2.75) is 62.4 Å². The number of nitrogens with zero attached hydrogens (tertiary/aromatic N) is 6. The summed E-state index contributed by atoms with van der Waals surface area (Å²) in [7, 11) is 0. The summed E-state index contributed by atoms with van der Waals surface area (Å²) in [6.45, 7) is 3.82.